The first kappa shape index (κ1) is 18.6. The van der Waals surface area contributed by atoms with Gasteiger partial charge in [-0.05, 0) is 49.2 Å². The van der Waals surface area contributed by atoms with E-state index in [4.69, 9.17) is 18.9 Å². The van der Waals surface area contributed by atoms with Gasteiger partial charge in [0, 0.05) is 19.0 Å². The minimum absolute atomic E-state index is 0.0269. The van der Waals surface area contributed by atoms with Crippen molar-refractivity contribution in [2.75, 3.05) is 34.1 Å². The van der Waals surface area contributed by atoms with Crippen LogP contribution < -0.4 is 18.9 Å². The van der Waals surface area contributed by atoms with Crippen molar-refractivity contribution in [3.63, 3.8) is 0 Å². The number of hydrogen-bond acceptors (Lipinski definition) is 6. The Balaban J connectivity index is 1.48. The van der Waals surface area contributed by atoms with Gasteiger partial charge in [-0.3, -0.25) is 9.69 Å². The van der Waals surface area contributed by atoms with Crippen LogP contribution >= 0.6 is 0 Å². The van der Waals surface area contributed by atoms with Crippen molar-refractivity contribution in [2.24, 2.45) is 5.92 Å². The molecule has 28 heavy (non-hydrogen) atoms. The van der Waals surface area contributed by atoms with Crippen LogP contribution in [0.1, 0.15) is 28.8 Å². The molecule has 0 spiro atoms. The predicted molar refractivity (Wildman–Crippen MR) is 104 cm³/mol. The van der Waals surface area contributed by atoms with E-state index in [1.807, 2.05) is 36.4 Å². The highest BCUT2D eigenvalue weighted by Crippen LogP contribution is 2.42. The number of ether oxygens (including phenoxy) is 4. The standard InChI is InChI=1S/C22H25NO5/c1-25-18-8-4-3-7-17(18)21(24)16-6-5-9-23(13-16)12-15-10-19(26-2)22-20(11-15)27-14-28-22/h3-4,7-8,10-11,16H,5-6,9,12-14H2,1-2H3/t16-/m0/s1. The lowest BCUT2D eigenvalue weighted by atomic mass is 9.89. The van der Waals surface area contributed by atoms with Gasteiger partial charge in [0.05, 0.1) is 19.8 Å². The second-order valence-electron chi connectivity index (χ2n) is 7.17. The molecule has 0 aromatic heterocycles. The second kappa shape index (κ2) is 8.10. The molecule has 2 heterocycles. The molecule has 2 aromatic carbocycles. The first-order valence-electron chi connectivity index (χ1n) is 9.55. The number of likely N-dealkylation sites (tertiary alicyclic amines) is 1. The van der Waals surface area contributed by atoms with Crippen molar-refractivity contribution in [3.05, 3.63) is 47.5 Å². The normalized spacial score (nSPS) is 18.7. The number of rotatable bonds is 6. The minimum atomic E-state index is -0.0269. The molecule has 0 radical (unpaired) electrons. The number of hydrogen-bond donors (Lipinski definition) is 0. The molecule has 0 saturated carbocycles. The van der Waals surface area contributed by atoms with Crippen LogP contribution in [0.2, 0.25) is 0 Å². The number of benzene rings is 2. The summed E-state index contributed by atoms with van der Waals surface area (Å²) < 4.78 is 21.8. The molecule has 0 unspecified atom stereocenters. The summed E-state index contributed by atoms with van der Waals surface area (Å²) in [5.41, 5.74) is 1.76. The third-order valence-electron chi connectivity index (χ3n) is 5.37. The first-order valence-corrected chi connectivity index (χ1v) is 9.55. The van der Waals surface area contributed by atoms with Gasteiger partial charge in [0.2, 0.25) is 12.5 Å². The van der Waals surface area contributed by atoms with Crippen molar-refractivity contribution < 1.29 is 23.7 Å². The van der Waals surface area contributed by atoms with Gasteiger partial charge in [-0.1, -0.05) is 12.1 Å². The van der Waals surface area contributed by atoms with Crippen molar-refractivity contribution in [2.45, 2.75) is 19.4 Å². The van der Waals surface area contributed by atoms with Gasteiger partial charge in [0.25, 0.3) is 0 Å². The molecule has 6 heteroatoms. The summed E-state index contributed by atoms with van der Waals surface area (Å²) in [6, 6.07) is 11.4. The SMILES string of the molecule is COc1ccccc1C(=O)[C@H]1CCCN(Cc2cc(OC)c3c(c2)OCO3)C1. The largest absolute Gasteiger partial charge is 0.496 e. The van der Waals surface area contributed by atoms with Crippen LogP contribution in [-0.4, -0.2) is 44.8 Å². The Bertz CT molecular complexity index is 866. The number of Topliss-reactive ketones (excluding diaryl/α,β-unsaturated/α-hetero) is 1. The van der Waals surface area contributed by atoms with E-state index >= 15 is 0 Å². The Hall–Kier alpha value is -2.73. The van der Waals surface area contributed by atoms with Crippen LogP contribution in [-0.2, 0) is 6.54 Å². The van der Waals surface area contributed by atoms with E-state index in [1.54, 1.807) is 14.2 Å². The van der Waals surface area contributed by atoms with E-state index in [9.17, 15) is 4.79 Å². The van der Waals surface area contributed by atoms with Gasteiger partial charge in [-0.2, -0.15) is 0 Å². The fraction of sp³-hybridized carbons (Fsp3) is 0.409. The summed E-state index contributed by atoms with van der Waals surface area (Å²) in [5.74, 6) is 2.84. The summed E-state index contributed by atoms with van der Waals surface area (Å²) in [6.45, 7) is 2.65. The topological polar surface area (TPSA) is 57.2 Å². The summed E-state index contributed by atoms with van der Waals surface area (Å²) in [6.07, 6.45) is 1.89. The molecule has 0 aliphatic carbocycles. The van der Waals surface area contributed by atoms with E-state index in [-0.39, 0.29) is 18.5 Å². The monoisotopic (exact) mass is 383 g/mol. The number of methoxy groups -OCH3 is 2. The van der Waals surface area contributed by atoms with Crippen molar-refractivity contribution in [3.8, 4) is 23.0 Å². The molecule has 0 bridgehead atoms. The van der Waals surface area contributed by atoms with Crippen LogP contribution in [0.25, 0.3) is 0 Å². The number of piperidine rings is 1. The zero-order valence-corrected chi connectivity index (χ0v) is 16.3. The number of para-hydroxylation sites is 1. The van der Waals surface area contributed by atoms with Crippen LogP contribution in [0.4, 0.5) is 0 Å². The van der Waals surface area contributed by atoms with Gasteiger partial charge >= 0.3 is 0 Å². The second-order valence-corrected chi connectivity index (χ2v) is 7.17. The van der Waals surface area contributed by atoms with Crippen molar-refractivity contribution >= 4 is 5.78 Å². The molecule has 1 saturated heterocycles. The summed E-state index contributed by atoms with van der Waals surface area (Å²) in [7, 11) is 3.23. The summed E-state index contributed by atoms with van der Waals surface area (Å²) >= 11 is 0. The highest BCUT2D eigenvalue weighted by atomic mass is 16.7. The highest BCUT2D eigenvalue weighted by molar-refractivity contribution is 6.00. The fourth-order valence-corrected chi connectivity index (χ4v) is 4.01. The molecular weight excluding hydrogens is 358 g/mol. The molecule has 2 aliphatic rings. The summed E-state index contributed by atoms with van der Waals surface area (Å²) in [4.78, 5) is 15.4. The minimum Gasteiger partial charge on any atom is -0.496 e. The van der Waals surface area contributed by atoms with E-state index in [2.05, 4.69) is 4.90 Å². The molecule has 1 fully saturated rings. The molecule has 2 aromatic rings. The maximum absolute atomic E-state index is 13.1. The van der Waals surface area contributed by atoms with Crippen LogP contribution in [0.3, 0.4) is 0 Å². The van der Waals surface area contributed by atoms with Gasteiger partial charge in [0.15, 0.2) is 17.3 Å². The molecule has 0 N–H and O–H groups in total. The Labute approximate surface area is 165 Å². The predicted octanol–water partition coefficient (Wildman–Crippen LogP) is 3.53. The number of carbonyl (C=O) groups is 1. The molecular formula is C22H25NO5. The molecule has 1 atom stereocenters. The molecule has 148 valence electrons. The number of carbonyl (C=O) groups excluding carboxylic acids is 1. The Morgan fingerprint density at radius 1 is 1.14 bits per heavy atom. The highest BCUT2D eigenvalue weighted by Gasteiger charge is 2.29. The molecule has 4 rings (SSSR count). The number of nitrogens with zero attached hydrogens (tertiary/aromatic N) is 1. The smallest absolute Gasteiger partial charge is 0.231 e. The van der Waals surface area contributed by atoms with Gasteiger partial charge in [-0.15, -0.1) is 0 Å². The molecule has 0 amide bonds. The van der Waals surface area contributed by atoms with Gasteiger partial charge < -0.3 is 18.9 Å². The van der Waals surface area contributed by atoms with E-state index in [0.717, 1.165) is 38.0 Å². The zero-order valence-electron chi connectivity index (χ0n) is 16.3. The quantitative estimate of drug-likeness (QED) is 0.712. The van der Waals surface area contributed by atoms with Gasteiger partial charge in [-0.25, -0.2) is 0 Å². The Morgan fingerprint density at radius 3 is 2.79 bits per heavy atom. The lowest BCUT2D eigenvalue weighted by molar-refractivity contribution is 0.0808. The fourth-order valence-electron chi connectivity index (χ4n) is 4.01. The number of fused-ring (bicyclic) bond motifs is 1. The maximum Gasteiger partial charge on any atom is 0.231 e. The Morgan fingerprint density at radius 2 is 1.96 bits per heavy atom. The van der Waals surface area contributed by atoms with E-state index in [1.165, 1.54) is 0 Å². The molecule has 2 aliphatic heterocycles. The molecule has 6 nitrogen and oxygen atoms in total. The lowest BCUT2D eigenvalue weighted by Gasteiger charge is -2.32. The van der Waals surface area contributed by atoms with Crippen molar-refractivity contribution in [1.82, 2.24) is 4.90 Å². The third-order valence-corrected chi connectivity index (χ3v) is 5.37. The lowest BCUT2D eigenvalue weighted by Crippen LogP contribution is -2.38. The van der Waals surface area contributed by atoms with E-state index < -0.39 is 0 Å². The third kappa shape index (κ3) is 3.64. The summed E-state index contributed by atoms with van der Waals surface area (Å²) in [5, 5.41) is 0. The Kier molecular flexibility index (Phi) is 5.39. The average Bonchev–Trinajstić information content (AvgIpc) is 3.21. The van der Waals surface area contributed by atoms with Crippen LogP contribution in [0.5, 0.6) is 23.0 Å². The van der Waals surface area contributed by atoms with Crippen LogP contribution in [0, 0.1) is 5.92 Å². The van der Waals surface area contributed by atoms with Crippen molar-refractivity contribution in [1.29, 1.82) is 0 Å². The zero-order chi connectivity index (χ0) is 19.5. The number of ketones is 1. The van der Waals surface area contributed by atoms with Crippen LogP contribution in [0.15, 0.2) is 36.4 Å². The maximum atomic E-state index is 13.1. The van der Waals surface area contributed by atoms with Gasteiger partial charge in [0.1, 0.15) is 5.75 Å². The van der Waals surface area contributed by atoms with E-state index in [0.29, 0.717) is 28.6 Å². The average molecular weight is 383 g/mol. The first-order chi connectivity index (χ1) is 13.7.